The zero-order chi connectivity index (χ0) is 22.9. The van der Waals surface area contributed by atoms with Crippen LogP contribution >= 0.6 is 0 Å². The normalized spacial score (nSPS) is 20.2. The van der Waals surface area contributed by atoms with Gasteiger partial charge in [-0.1, -0.05) is 85.7 Å². The van der Waals surface area contributed by atoms with E-state index in [1.165, 1.54) is 33.4 Å². The van der Waals surface area contributed by atoms with Crippen molar-refractivity contribution in [2.45, 2.75) is 59.3 Å². The summed E-state index contributed by atoms with van der Waals surface area (Å²) < 4.78 is 0. The summed E-state index contributed by atoms with van der Waals surface area (Å²) in [5.74, 6) is 0. The van der Waals surface area contributed by atoms with Gasteiger partial charge in [0.15, 0.2) is 0 Å². The van der Waals surface area contributed by atoms with Gasteiger partial charge in [0.25, 0.3) is 0 Å². The first kappa shape index (κ1) is 23.7. The molecule has 2 nitrogen and oxygen atoms in total. The van der Waals surface area contributed by atoms with E-state index in [-0.39, 0.29) is 0 Å². The monoisotopic (exact) mass is 425 g/mol. The minimum atomic E-state index is 0.447. The molecule has 0 radical (unpaired) electrons. The Kier molecular flexibility index (Phi) is 8.56. The lowest BCUT2D eigenvalue weighted by molar-refractivity contribution is -0.107. The number of carbonyl (C=O) groups is 1. The quantitative estimate of drug-likeness (QED) is 0.316. The molecule has 1 heterocycles. The number of nitrogens with zero attached hydrogens (tertiary/aromatic N) is 1. The maximum absolute atomic E-state index is 11.2. The Morgan fingerprint density at radius 3 is 2.78 bits per heavy atom. The summed E-state index contributed by atoms with van der Waals surface area (Å²) in [4.78, 5) is 16.2. The van der Waals surface area contributed by atoms with Gasteiger partial charge in [-0.15, -0.1) is 0 Å². The summed E-state index contributed by atoms with van der Waals surface area (Å²) >= 11 is 0. The summed E-state index contributed by atoms with van der Waals surface area (Å²) in [6.07, 6.45) is 19.7. The number of hydrogen-bond acceptors (Lipinski definition) is 2. The molecule has 3 rings (SSSR count). The maximum atomic E-state index is 11.2. The lowest BCUT2D eigenvalue weighted by Crippen LogP contribution is -2.15. The average Bonchev–Trinajstić information content (AvgIpc) is 2.77. The highest BCUT2D eigenvalue weighted by atomic mass is 16.1. The molecule has 2 aliphatic rings. The number of allylic oxidation sites excluding steroid dienone is 10. The van der Waals surface area contributed by atoms with Gasteiger partial charge in [-0.25, -0.2) is 0 Å². The Morgan fingerprint density at radius 2 is 2.03 bits per heavy atom. The zero-order valence-electron chi connectivity index (χ0n) is 19.8. The lowest BCUT2D eigenvalue weighted by atomic mass is 9.82. The third-order valence-electron chi connectivity index (χ3n) is 5.90. The van der Waals surface area contributed by atoms with Crippen LogP contribution in [0.4, 0.5) is 0 Å². The van der Waals surface area contributed by atoms with Gasteiger partial charge in [-0.3, -0.25) is 4.99 Å². The Hall–Kier alpha value is -3.00. The van der Waals surface area contributed by atoms with E-state index in [9.17, 15) is 4.79 Å². The molecule has 1 aliphatic carbocycles. The molecule has 0 fully saturated rings. The summed E-state index contributed by atoms with van der Waals surface area (Å²) in [5.41, 5.74) is 10.9. The number of hydrogen-bond donors (Lipinski definition) is 0. The van der Waals surface area contributed by atoms with Crippen LogP contribution in [0.5, 0.6) is 0 Å². The fourth-order valence-electron chi connectivity index (χ4n) is 4.24. The number of dihydropyridines is 1. The molecular weight excluding hydrogens is 390 g/mol. The standard InChI is InChI=1S/C30H35NO/c1-5-8-26(10-6-9-22(2)3)30-28(11-7-19-31-30)27-17-13-23(4)12-15-25-16-14-24(18-20-32)21-29(25)27/h6,9-11,13-14,16-17,20-21H,2,5,7-8,12,15,18-19H2,1,3-4H3/b9-6-,23-13+,26-10+,27-17-. The van der Waals surface area contributed by atoms with Crippen LogP contribution < -0.4 is 0 Å². The topological polar surface area (TPSA) is 29.4 Å². The lowest BCUT2D eigenvalue weighted by Gasteiger charge is -2.24. The van der Waals surface area contributed by atoms with Crippen molar-refractivity contribution < 1.29 is 4.79 Å². The smallest absolute Gasteiger partial charge is 0.124 e. The molecule has 166 valence electrons. The van der Waals surface area contributed by atoms with E-state index in [0.717, 1.165) is 61.8 Å². The number of fused-ring (bicyclic) bond motifs is 1. The predicted molar refractivity (Wildman–Crippen MR) is 138 cm³/mol. The van der Waals surface area contributed by atoms with Crippen molar-refractivity contribution in [1.82, 2.24) is 0 Å². The number of aryl methyl sites for hydroxylation is 1. The first-order valence-electron chi connectivity index (χ1n) is 11.7. The van der Waals surface area contributed by atoms with E-state index in [0.29, 0.717) is 6.42 Å². The van der Waals surface area contributed by atoms with Gasteiger partial charge < -0.3 is 4.79 Å². The Bertz CT molecular complexity index is 1060. The number of benzene rings is 1. The first-order chi connectivity index (χ1) is 15.5. The fraction of sp³-hybridized carbons (Fsp3) is 0.333. The van der Waals surface area contributed by atoms with Crippen LogP contribution in [0.2, 0.25) is 0 Å². The molecule has 0 amide bonds. The van der Waals surface area contributed by atoms with Crippen LogP contribution in [0.3, 0.4) is 0 Å². The minimum absolute atomic E-state index is 0.447. The van der Waals surface area contributed by atoms with E-state index in [1.54, 1.807) is 0 Å². The largest absolute Gasteiger partial charge is 0.303 e. The number of rotatable bonds is 8. The van der Waals surface area contributed by atoms with Gasteiger partial charge in [0.1, 0.15) is 6.29 Å². The average molecular weight is 426 g/mol. The number of aliphatic imine (C=N–C) groups is 1. The second-order valence-corrected chi connectivity index (χ2v) is 8.74. The molecule has 0 saturated heterocycles. The third-order valence-corrected chi connectivity index (χ3v) is 5.90. The Balaban J connectivity index is 2.13. The highest BCUT2D eigenvalue weighted by Gasteiger charge is 2.22. The molecule has 2 heteroatoms. The molecule has 0 atom stereocenters. The van der Waals surface area contributed by atoms with Gasteiger partial charge in [0, 0.05) is 18.5 Å². The summed E-state index contributed by atoms with van der Waals surface area (Å²) in [7, 11) is 0. The second kappa shape index (κ2) is 11.6. The van der Waals surface area contributed by atoms with Gasteiger partial charge in [-0.2, -0.15) is 0 Å². The van der Waals surface area contributed by atoms with E-state index < -0.39 is 0 Å². The first-order valence-corrected chi connectivity index (χ1v) is 11.7. The minimum Gasteiger partial charge on any atom is -0.303 e. The van der Waals surface area contributed by atoms with Crippen LogP contribution in [0.1, 0.15) is 63.1 Å². The molecule has 0 unspecified atom stereocenters. The van der Waals surface area contributed by atoms with Crippen molar-refractivity contribution in [2.24, 2.45) is 4.99 Å². The fourth-order valence-corrected chi connectivity index (χ4v) is 4.24. The van der Waals surface area contributed by atoms with Crippen LogP contribution in [0.15, 0.2) is 88.5 Å². The van der Waals surface area contributed by atoms with E-state index in [1.807, 2.05) is 13.0 Å². The molecule has 1 aromatic rings. The van der Waals surface area contributed by atoms with Gasteiger partial charge in [-0.05, 0) is 67.4 Å². The number of carbonyl (C=O) groups excluding carboxylic acids is 1. The van der Waals surface area contributed by atoms with Crippen LogP contribution in [0.25, 0.3) is 5.57 Å². The van der Waals surface area contributed by atoms with Crippen molar-refractivity contribution in [3.05, 3.63) is 100 Å². The Morgan fingerprint density at radius 1 is 1.19 bits per heavy atom. The van der Waals surface area contributed by atoms with Crippen molar-refractivity contribution in [1.29, 1.82) is 0 Å². The van der Waals surface area contributed by atoms with Gasteiger partial charge >= 0.3 is 0 Å². The molecule has 0 saturated carbocycles. The maximum Gasteiger partial charge on any atom is 0.124 e. The molecule has 0 N–H and O–H groups in total. The molecule has 0 bridgehead atoms. The van der Waals surface area contributed by atoms with E-state index >= 15 is 0 Å². The predicted octanol–water partition coefficient (Wildman–Crippen LogP) is 7.33. The van der Waals surface area contributed by atoms with E-state index in [2.05, 4.69) is 69.0 Å². The van der Waals surface area contributed by atoms with Gasteiger partial charge in [0.05, 0.1) is 5.71 Å². The van der Waals surface area contributed by atoms with Crippen molar-refractivity contribution in [3.8, 4) is 0 Å². The molecule has 0 aromatic heterocycles. The second-order valence-electron chi connectivity index (χ2n) is 8.74. The molecule has 32 heavy (non-hydrogen) atoms. The van der Waals surface area contributed by atoms with Crippen LogP contribution in [-0.2, 0) is 17.6 Å². The zero-order valence-corrected chi connectivity index (χ0v) is 19.8. The van der Waals surface area contributed by atoms with Crippen LogP contribution in [0, 0.1) is 0 Å². The SMILES string of the molecule is C=C(C)/C=C\C=C(/CCC)C1=NCCC=C1/C1=C/C=C(\C)CCc2ccc(CC=O)cc21. The Labute approximate surface area is 193 Å². The van der Waals surface area contributed by atoms with Gasteiger partial charge in [0.2, 0.25) is 0 Å². The van der Waals surface area contributed by atoms with Crippen LogP contribution in [-0.4, -0.2) is 18.5 Å². The third kappa shape index (κ3) is 6.03. The summed E-state index contributed by atoms with van der Waals surface area (Å²) in [5, 5.41) is 0. The molecule has 1 aliphatic heterocycles. The molecular formula is C30H35NO. The molecule has 0 spiro atoms. The summed E-state index contributed by atoms with van der Waals surface area (Å²) in [6, 6.07) is 6.51. The number of aldehydes is 1. The van der Waals surface area contributed by atoms with Crippen molar-refractivity contribution in [3.63, 3.8) is 0 Å². The van der Waals surface area contributed by atoms with Crippen molar-refractivity contribution in [2.75, 3.05) is 6.54 Å². The highest BCUT2D eigenvalue weighted by Crippen LogP contribution is 2.35. The van der Waals surface area contributed by atoms with Crippen molar-refractivity contribution >= 4 is 17.6 Å². The highest BCUT2D eigenvalue weighted by molar-refractivity contribution is 6.22. The van der Waals surface area contributed by atoms with E-state index in [4.69, 9.17) is 4.99 Å². The molecule has 1 aromatic carbocycles. The summed E-state index contributed by atoms with van der Waals surface area (Å²) in [6.45, 7) is 11.2.